The molecular weight excluding hydrogens is 245 g/mol. The quantitative estimate of drug-likeness (QED) is 0.905. The summed E-state index contributed by atoms with van der Waals surface area (Å²) in [6, 6.07) is 6.16. The zero-order chi connectivity index (χ0) is 14.0. The zero-order valence-corrected chi connectivity index (χ0v) is 11.4. The second kappa shape index (κ2) is 5.70. The molecule has 0 aromatic heterocycles. The minimum absolute atomic E-state index is 0.0207. The fourth-order valence-corrected chi connectivity index (χ4v) is 2.48. The average molecular weight is 265 g/mol. The molecule has 3 nitrogen and oxygen atoms in total. The first-order chi connectivity index (χ1) is 8.97. The summed E-state index contributed by atoms with van der Waals surface area (Å²) >= 11 is 0. The lowest BCUT2D eigenvalue weighted by Crippen LogP contribution is -2.29. The van der Waals surface area contributed by atoms with Crippen LogP contribution in [0.1, 0.15) is 23.1 Å². The molecule has 1 N–H and O–H groups in total. The average Bonchev–Trinajstić information content (AvgIpc) is 2.68. The van der Waals surface area contributed by atoms with Crippen molar-refractivity contribution >= 4 is 5.91 Å². The summed E-state index contributed by atoms with van der Waals surface area (Å²) in [5.74, 6) is -0.0841. The number of alkyl halides is 1. The van der Waals surface area contributed by atoms with Gasteiger partial charge in [-0.2, -0.15) is 0 Å². The normalized spacial score (nSPS) is 22.8. The molecule has 104 valence electrons. The first-order valence-electron chi connectivity index (χ1n) is 6.63. The third-order valence-corrected chi connectivity index (χ3v) is 3.68. The van der Waals surface area contributed by atoms with Crippen LogP contribution in [0.3, 0.4) is 0 Å². The van der Waals surface area contributed by atoms with Crippen LogP contribution in [-0.4, -0.2) is 41.3 Å². The largest absolute Gasteiger partial charge is 0.388 e. The van der Waals surface area contributed by atoms with Gasteiger partial charge >= 0.3 is 0 Å². The molecule has 2 rings (SSSR count). The maximum atomic E-state index is 13.2. The van der Waals surface area contributed by atoms with Crippen LogP contribution in [0.25, 0.3) is 0 Å². The number of amides is 1. The zero-order valence-electron chi connectivity index (χ0n) is 11.4. The smallest absolute Gasteiger partial charge is 0.223 e. The number of aryl methyl sites for hydroxylation is 3. The Hall–Kier alpha value is -1.42. The van der Waals surface area contributed by atoms with Crippen molar-refractivity contribution < 1.29 is 14.3 Å². The molecule has 0 saturated carbocycles. The Balaban J connectivity index is 1.90. The van der Waals surface area contributed by atoms with Crippen molar-refractivity contribution in [2.45, 2.75) is 39.0 Å². The lowest BCUT2D eigenvalue weighted by molar-refractivity contribution is -0.130. The Morgan fingerprint density at radius 1 is 1.42 bits per heavy atom. The van der Waals surface area contributed by atoms with Crippen LogP contribution >= 0.6 is 0 Å². The van der Waals surface area contributed by atoms with E-state index in [0.717, 1.165) is 5.56 Å². The fraction of sp³-hybridized carbons (Fsp3) is 0.533. The van der Waals surface area contributed by atoms with Crippen LogP contribution in [0.15, 0.2) is 18.2 Å². The molecule has 0 aliphatic carbocycles. The SMILES string of the molecule is Cc1ccc(CCC(=O)N2C[C@@H](O)[C@H](F)C2)c(C)c1. The van der Waals surface area contributed by atoms with Gasteiger partial charge in [-0.1, -0.05) is 23.8 Å². The van der Waals surface area contributed by atoms with E-state index in [9.17, 15) is 14.3 Å². The van der Waals surface area contributed by atoms with Crippen molar-refractivity contribution in [1.82, 2.24) is 4.90 Å². The van der Waals surface area contributed by atoms with E-state index in [1.165, 1.54) is 16.0 Å². The van der Waals surface area contributed by atoms with Gasteiger partial charge in [0, 0.05) is 13.0 Å². The van der Waals surface area contributed by atoms with E-state index in [-0.39, 0.29) is 19.0 Å². The summed E-state index contributed by atoms with van der Waals surface area (Å²) in [4.78, 5) is 13.4. The summed E-state index contributed by atoms with van der Waals surface area (Å²) < 4.78 is 13.2. The second-order valence-electron chi connectivity index (χ2n) is 5.31. The second-order valence-corrected chi connectivity index (χ2v) is 5.31. The number of halogens is 1. The van der Waals surface area contributed by atoms with E-state index >= 15 is 0 Å². The molecule has 4 heteroatoms. The van der Waals surface area contributed by atoms with Crippen LogP contribution in [0.5, 0.6) is 0 Å². The third-order valence-electron chi connectivity index (χ3n) is 3.68. The van der Waals surface area contributed by atoms with Gasteiger partial charge in [0.2, 0.25) is 5.91 Å². The number of hydrogen-bond donors (Lipinski definition) is 1. The molecule has 1 aliphatic rings. The molecule has 0 bridgehead atoms. The highest BCUT2D eigenvalue weighted by atomic mass is 19.1. The number of aliphatic hydroxyl groups excluding tert-OH is 1. The number of rotatable bonds is 3. The number of hydrogen-bond acceptors (Lipinski definition) is 2. The molecule has 0 unspecified atom stereocenters. The Bertz CT molecular complexity index is 465. The minimum atomic E-state index is -1.30. The first kappa shape index (κ1) is 14.0. The summed E-state index contributed by atoms with van der Waals surface area (Å²) in [5, 5.41) is 9.31. The van der Waals surface area contributed by atoms with Crippen LogP contribution in [-0.2, 0) is 11.2 Å². The summed E-state index contributed by atoms with van der Waals surface area (Å²) in [5.41, 5.74) is 3.53. The van der Waals surface area contributed by atoms with Crippen molar-refractivity contribution in [3.63, 3.8) is 0 Å². The van der Waals surface area contributed by atoms with Crippen molar-refractivity contribution in [3.05, 3.63) is 34.9 Å². The summed E-state index contributed by atoms with van der Waals surface area (Å²) in [6.07, 6.45) is -1.30. The van der Waals surface area contributed by atoms with E-state index in [1.54, 1.807) is 0 Å². The molecular formula is C15H20FNO2. The molecule has 1 saturated heterocycles. The van der Waals surface area contributed by atoms with Crippen LogP contribution in [0, 0.1) is 13.8 Å². The van der Waals surface area contributed by atoms with Gasteiger partial charge in [-0.15, -0.1) is 0 Å². The Labute approximate surface area is 113 Å². The highest BCUT2D eigenvalue weighted by Crippen LogP contribution is 2.17. The molecule has 0 radical (unpaired) electrons. The van der Waals surface area contributed by atoms with E-state index in [4.69, 9.17) is 0 Å². The Morgan fingerprint density at radius 2 is 2.16 bits per heavy atom. The van der Waals surface area contributed by atoms with Crippen LogP contribution in [0.2, 0.25) is 0 Å². The van der Waals surface area contributed by atoms with Crippen molar-refractivity contribution in [3.8, 4) is 0 Å². The van der Waals surface area contributed by atoms with E-state index in [0.29, 0.717) is 12.8 Å². The minimum Gasteiger partial charge on any atom is -0.388 e. The number of benzene rings is 1. The predicted molar refractivity (Wildman–Crippen MR) is 71.7 cm³/mol. The topological polar surface area (TPSA) is 40.5 Å². The van der Waals surface area contributed by atoms with E-state index in [2.05, 4.69) is 6.07 Å². The van der Waals surface area contributed by atoms with Gasteiger partial charge in [0.25, 0.3) is 0 Å². The Kier molecular flexibility index (Phi) is 4.20. The predicted octanol–water partition coefficient (Wildman–Crippen LogP) is 1.78. The summed E-state index contributed by atoms with van der Waals surface area (Å²) in [7, 11) is 0. The van der Waals surface area contributed by atoms with Gasteiger partial charge in [0.05, 0.1) is 6.54 Å². The molecule has 1 fully saturated rings. The lowest BCUT2D eigenvalue weighted by atomic mass is 10.0. The molecule has 1 aliphatic heterocycles. The van der Waals surface area contributed by atoms with Crippen molar-refractivity contribution in [2.24, 2.45) is 0 Å². The van der Waals surface area contributed by atoms with Gasteiger partial charge in [0.1, 0.15) is 12.3 Å². The van der Waals surface area contributed by atoms with Gasteiger partial charge in [-0.3, -0.25) is 4.79 Å². The number of likely N-dealkylation sites (tertiary alicyclic amines) is 1. The molecule has 1 aromatic rings. The molecule has 19 heavy (non-hydrogen) atoms. The van der Waals surface area contributed by atoms with Crippen molar-refractivity contribution in [2.75, 3.05) is 13.1 Å². The maximum Gasteiger partial charge on any atom is 0.223 e. The number of aliphatic hydroxyl groups is 1. The van der Waals surface area contributed by atoms with E-state index in [1.807, 2.05) is 26.0 Å². The molecule has 1 aromatic carbocycles. The summed E-state index contributed by atoms with van der Waals surface area (Å²) in [6.45, 7) is 4.21. The van der Waals surface area contributed by atoms with Gasteiger partial charge in [-0.05, 0) is 31.4 Å². The molecule has 1 amide bonds. The van der Waals surface area contributed by atoms with Gasteiger partial charge in [-0.25, -0.2) is 4.39 Å². The molecule has 2 atom stereocenters. The molecule has 1 heterocycles. The maximum absolute atomic E-state index is 13.2. The van der Waals surface area contributed by atoms with E-state index < -0.39 is 12.3 Å². The lowest BCUT2D eigenvalue weighted by Gasteiger charge is -2.15. The van der Waals surface area contributed by atoms with Crippen LogP contribution < -0.4 is 0 Å². The number of β-amino-alcohol motifs (C(OH)–C–C–N with tert-alkyl or cyclic N) is 1. The Morgan fingerprint density at radius 3 is 2.74 bits per heavy atom. The van der Waals surface area contributed by atoms with Gasteiger partial charge < -0.3 is 10.0 Å². The number of carbonyl (C=O) groups is 1. The molecule has 0 spiro atoms. The van der Waals surface area contributed by atoms with Crippen LogP contribution in [0.4, 0.5) is 4.39 Å². The van der Waals surface area contributed by atoms with Gasteiger partial charge in [0.15, 0.2) is 0 Å². The standard InChI is InChI=1S/C15H20FNO2/c1-10-3-4-12(11(2)7-10)5-6-15(19)17-8-13(16)14(18)9-17/h3-4,7,13-14,18H,5-6,8-9H2,1-2H3/t13-,14-/m1/s1. The highest BCUT2D eigenvalue weighted by molar-refractivity contribution is 5.77. The number of nitrogens with zero attached hydrogens (tertiary/aromatic N) is 1. The number of carbonyl (C=O) groups excluding carboxylic acids is 1. The third kappa shape index (κ3) is 3.32. The van der Waals surface area contributed by atoms with Crippen molar-refractivity contribution in [1.29, 1.82) is 0 Å². The monoisotopic (exact) mass is 265 g/mol. The fourth-order valence-electron chi connectivity index (χ4n) is 2.48. The first-order valence-corrected chi connectivity index (χ1v) is 6.63. The highest BCUT2D eigenvalue weighted by Gasteiger charge is 2.33.